The van der Waals surface area contributed by atoms with Crippen LogP contribution in [0.2, 0.25) is 0 Å². The van der Waals surface area contributed by atoms with E-state index in [1.165, 1.54) is 0 Å². The monoisotopic (exact) mass is 294 g/mol. The number of benzene rings is 1. The molecule has 0 aliphatic rings. The van der Waals surface area contributed by atoms with Crippen LogP contribution in [0.15, 0.2) is 24.3 Å². The number of hydrogen-bond donors (Lipinski definition) is 3. The van der Waals surface area contributed by atoms with Crippen LogP contribution in [-0.2, 0) is 11.3 Å². The van der Waals surface area contributed by atoms with E-state index in [0.29, 0.717) is 12.2 Å². The first kappa shape index (κ1) is 16.8. The minimum absolute atomic E-state index is 0.139. The first-order valence-electron chi connectivity index (χ1n) is 6.88. The number of methoxy groups -OCH3 is 1. The van der Waals surface area contributed by atoms with Crippen LogP contribution < -0.4 is 15.4 Å². The fourth-order valence-electron chi connectivity index (χ4n) is 1.90. The van der Waals surface area contributed by atoms with E-state index in [2.05, 4.69) is 10.6 Å². The third-order valence-electron chi connectivity index (χ3n) is 3.40. The minimum Gasteiger partial charge on any atom is -0.496 e. The van der Waals surface area contributed by atoms with E-state index >= 15 is 0 Å². The van der Waals surface area contributed by atoms with Gasteiger partial charge in [-0.1, -0.05) is 38.5 Å². The summed E-state index contributed by atoms with van der Waals surface area (Å²) in [6, 6.07) is 5.92. The number of amides is 2. The molecule has 0 aliphatic carbocycles. The van der Waals surface area contributed by atoms with E-state index in [4.69, 9.17) is 9.84 Å². The zero-order valence-corrected chi connectivity index (χ0v) is 12.6. The fraction of sp³-hybridized carbons (Fsp3) is 0.467. The SMILES string of the molecule is CC[C@H](C)[C@H](NC(=O)NCc1ccccc1OC)C(=O)O. The minimum atomic E-state index is -1.03. The van der Waals surface area contributed by atoms with Crippen LogP contribution in [0.3, 0.4) is 0 Å². The van der Waals surface area contributed by atoms with Gasteiger partial charge in [0.1, 0.15) is 11.8 Å². The lowest BCUT2D eigenvalue weighted by atomic mass is 9.99. The van der Waals surface area contributed by atoms with Gasteiger partial charge in [-0.15, -0.1) is 0 Å². The Morgan fingerprint density at radius 2 is 2.00 bits per heavy atom. The predicted octanol–water partition coefficient (Wildman–Crippen LogP) is 1.99. The van der Waals surface area contributed by atoms with Crippen LogP contribution in [-0.4, -0.2) is 30.3 Å². The number of carboxylic acids is 1. The van der Waals surface area contributed by atoms with Crippen molar-refractivity contribution >= 4 is 12.0 Å². The molecule has 1 rings (SSSR count). The van der Waals surface area contributed by atoms with Gasteiger partial charge >= 0.3 is 12.0 Å². The summed E-state index contributed by atoms with van der Waals surface area (Å²) in [5.41, 5.74) is 0.825. The number of ether oxygens (including phenoxy) is 1. The van der Waals surface area contributed by atoms with Crippen molar-refractivity contribution in [3.8, 4) is 5.75 Å². The average molecular weight is 294 g/mol. The van der Waals surface area contributed by atoms with Crippen LogP contribution in [0.1, 0.15) is 25.8 Å². The molecule has 21 heavy (non-hydrogen) atoms. The number of nitrogens with one attached hydrogen (secondary N) is 2. The number of carbonyl (C=O) groups is 2. The van der Waals surface area contributed by atoms with Crippen molar-refractivity contribution in [1.29, 1.82) is 0 Å². The highest BCUT2D eigenvalue weighted by Crippen LogP contribution is 2.16. The molecule has 0 aromatic heterocycles. The van der Waals surface area contributed by atoms with Gasteiger partial charge in [-0.25, -0.2) is 9.59 Å². The second kappa shape index (κ2) is 8.14. The molecule has 2 atom stereocenters. The van der Waals surface area contributed by atoms with Gasteiger partial charge in [0.15, 0.2) is 0 Å². The van der Waals surface area contributed by atoms with Crippen LogP contribution >= 0.6 is 0 Å². The Balaban J connectivity index is 2.59. The summed E-state index contributed by atoms with van der Waals surface area (Å²) in [6.45, 7) is 3.94. The third-order valence-corrected chi connectivity index (χ3v) is 3.40. The van der Waals surface area contributed by atoms with Crippen molar-refractivity contribution < 1.29 is 19.4 Å². The molecule has 0 bridgehead atoms. The highest BCUT2D eigenvalue weighted by atomic mass is 16.5. The largest absolute Gasteiger partial charge is 0.496 e. The Hall–Kier alpha value is -2.24. The number of carbonyl (C=O) groups excluding carboxylic acids is 1. The quantitative estimate of drug-likeness (QED) is 0.717. The van der Waals surface area contributed by atoms with E-state index < -0.39 is 18.0 Å². The van der Waals surface area contributed by atoms with Gasteiger partial charge in [-0.3, -0.25) is 0 Å². The Bertz CT molecular complexity index is 490. The van der Waals surface area contributed by atoms with Crippen molar-refractivity contribution in [2.24, 2.45) is 5.92 Å². The van der Waals surface area contributed by atoms with E-state index in [0.717, 1.165) is 5.56 Å². The molecule has 116 valence electrons. The molecule has 0 radical (unpaired) electrons. The maximum Gasteiger partial charge on any atom is 0.326 e. The molecule has 0 saturated heterocycles. The van der Waals surface area contributed by atoms with Gasteiger partial charge in [-0.05, 0) is 12.0 Å². The standard InChI is InChI=1S/C15H22N2O4/c1-4-10(2)13(14(18)19)17-15(20)16-9-11-7-5-6-8-12(11)21-3/h5-8,10,13H,4,9H2,1-3H3,(H,18,19)(H2,16,17,20)/t10-,13-/m0/s1. The van der Waals surface area contributed by atoms with Crippen LogP contribution in [0, 0.1) is 5.92 Å². The van der Waals surface area contributed by atoms with Gasteiger partial charge in [0.2, 0.25) is 0 Å². The summed E-state index contributed by atoms with van der Waals surface area (Å²) >= 11 is 0. The summed E-state index contributed by atoms with van der Waals surface area (Å²) < 4.78 is 5.19. The lowest BCUT2D eigenvalue weighted by Gasteiger charge is -2.20. The summed E-state index contributed by atoms with van der Waals surface area (Å²) in [7, 11) is 1.56. The molecule has 6 nitrogen and oxygen atoms in total. The molecule has 0 fully saturated rings. The van der Waals surface area contributed by atoms with Crippen molar-refractivity contribution in [3.63, 3.8) is 0 Å². The highest BCUT2D eigenvalue weighted by Gasteiger charge is 2.25. The van der Waals surface area contributed by atoms with Crippen LogP contribution in [0.5, 0.6) is 5.75 Å². The number of carboxylic acid groups (broad SMARTS) is 1. The molecule has 0 unspecified atom stereocenters. The van der Waals surface area contributed by atoms with Gasteiger partial charge in [-0.2, -0.15) is 0 Å². The molecule has 2 amide bonds. The average Bonchev–Trinajstić information content (AvgIpc) is 2.49. The van der Waals surface area contributed by atoms with E-state index in [1.807, 2.05) is 25.1 Å². The topological polar surface area (TPSA) is 87.7 Å². The van der Waals surface area contributed by atoms with Crippen LogP contribution in [0.25, 0.3) is 0 Å². The van der Waals surface area contributed by atoms with Gasteiger partial charge in [0, 0.05) is 12.1 Å². The first-order valence-corrected chi connectivity index (χ1v) is 6.88. The Labute approximate surface area is 124 Å². The number of urea groups is 1. The van der Waals surface area contributed by atoms with E-state index in [1.54, 1.807) is 20.1 Å². The second-order valence-electron chi connectivity index (χ2n) is 4.84. The number of hydrogen-bond acceptors (Lipinski definition) is 3. The van der Waals surface area contributed by atoms with Gasteiger partial charge < -0.3 is 20.5 Å². The van der Waals surface area contributed by atoms with Crippen molar-refractivity contribution in [2.75, 3.05) is 7.11 Å². The molecule has 0 saturated carbocycles. The summed E-state index contributed by atoms with van der Waals surface area (Å²) in [4.78, 5) is 23.0. The molecule has 1 aromatic carbocycles. The summed E-state index contributed by atoms with van der Waals surface area (Å²) in [5.74, 6) is -0.495. The maximum atomic E-state index is 11.8. The van der Waals surface area contributed by atoms with E-state index in [9.17, 15) is 9.59 Å². The van der Waals surface area contributed by atoms with E-state index in [-0.39, 0.29) is 12.5 Å². The van der Waals surface area contributed by atoms with Gasteiger partial charge in [0.25, 0.3) is 0 Å². The van der Waals surface area contributed by atoms with Crippen molar-refractivity contribution in [3.05, 3.63) is 29.8 Å². The molecule has 0 heterocycles. The number of para-hydroxylation sites is 1. The fourth-order valence-corrected chi connectivity index (χ4v) is 1.90. The Morgan fingerprint density at radius 3 is 2.57 bits per heavy atom. The predicted molar refractivity (Wildman–Crippen MR) is 79.2 cm³/mol. The highest BCUT2D eigenvalue weighted by molar-refractivity contribution is 5.82. The number of aliphatic carboxylic acids is 1. The molecular formula is C15H22N2O4. The third kappa shape index (κ3) is 4.98. The molecule has 6 heteroatoms. The Morgan fingerprint density at radius 1 is 1.33 bits per heavy atom. The lowest BCUT2D eigenvalue weighted by molar-refractivity contribution is -0.140. The second-order valence-corrected chi connectivity index (χ2v) is 4.84. The summed E-state index contributed by atoms with van der Waals surface area (Å²) in [5, 5.41) is 14.3. The van der Waals surface area contributed by atoms with Crippen LogP contribution in [0.4, 0.5) is 4.79 Å². The zero-order chi connectivity index (χ0) is 15.8. The lowest BCUT2D eigenvalue weighted by Crippen LogP contribution is -2.48. The molecule has 0 aliphatic heterocycles. The van der Waals surface area contributed by atoms with Crippen molar-refractivity contribution in [2.45, 2.75) is 32.9 Å². The summed E-state index contributed by atoms with van der Waals surface area (Å²) in [6.07, 6.45) is 0.670. The molecular weight excluding hydrogens is 272 g/mol. The molecule has 0 spiro atoms. The number of rotatable bonds is 7. The normalized spacial score (nSPS) is 13.1. The Kier molecular flexibility index (Phi) is 6.52. The zero-order valence-electron chi connectivity index (χ0n) is 12.6. The van der Waals surface area contributed by atoms with Crippen molar-refractivity contribution in [1.82, 2.24) is 10.6 Å². The first-order chi connectivity index (χ1) is 9.99. The maximum absolute atomic E-state index is 11.8. The molecule has 1 aromatic rings. The molecule has 3 N–H and O–H groups in total. The van der Waals surface area contributed by atoms with Gasteiger partial charge in [0.05, 0.1) is 7.11 Å². The smallest absolute Gasteiger partial charge is 0.326 e.